The van der Waals surface area contributed by atoms with Gasteiger partial charge in [0.1, 0.15) is 5.69 Å². The number of aromatic nitrogens is 1. The second-order valence-electron chi connectivity index (χ2n) is 5.44. The van der Waals surface area contributed by atoms with Gasteiger partial charge in [-0.2, -0.15) is 17.5 Å². The SMILES string of the molecule is CN(Cc1ccccc1)S(=O)(=O)c1ccc(-c2cc(C(F)(F)F)on2)o1. The van der Waals surface area contributed by atoms with E-state index in [9.17, 15) is 21.6 Å². The maximum Gasteiger partial charge on any atom is 0.452 e. The molecule has 0 aliphatic carbocycles. The maximum atomic E-state index is 12.6. The van der Waals surface area contributed by atoms with Gasteiger partial charge < -0.3 is 8.94 Å². The Hall–Kier alpha value is -2.59. The molecule has 1 aromatic carbocycles. The molecule has 0 aliphatic heterocycles. The molecule has 0 amide bonds. The molecule has 2 aromatic heterocycles. The van der Waals surface area contributed by atoms with Crippen molar-refractivity contribution in [2.75, 3.05) is 7.05 Å². The molecular formula is C16H13F3N2O4S. The van der Waals surface area contributed by atoms with Crippen LogP contribution in [-0.4, -0.2) is 24.9 Å². The molecule has 0 spiro atoms. The lowest BCUT2D eigenvalue weighted by atomic mass is 10.2. The van der Waals surface area contributed by atoms with Gasteiger partial charge >= 0.3 is 6.18 Å². The highest BCUT2D eigenvalue weighted by molar-refractivity contribution is 7.88. The lowest BCUT2D eigenvalue weighted by Gasteiger charge is -2.15. The van der Waals surface area contributed by atoms with Crippen LogP contribution in [0.4, 0.5) is 13.2 Å². The third-order valence-electron chi connectivity index (χ3n) is 3.54. The molecule has 3 rings (SSSR count). The Morgan fingerprint density at radius 3 is 2.42 bits per heavy atom. The van der Waals surface area contributed by atoms with Crippen LogP contribution >= 0.6 is 0 Å². The predicted molar refractivity (Wildman–Crippen MR) is 84.3 cm³/mol. The standard InChI is InChI=1S/C16H13F3N2O4S/c1-21(10-11-5-3-2-4-6-11)26(22,23)15-8-7-13(24-15)12-9-14(25-20-12)16(17,18)19/h2-9H,10H2,1H3. The quantitative estimate of drug-likeness (QED) is 0.667. The summed E-state index contributed by atoms with van der Waals surface area (Å²) < 4.78 is 73.3. The van der Waals surface area contributed by atoms with Gasteiger partial charge in [-0.1, -0.05) is 35.5 Å². The van der Waals surface area contributed by atoms with Crippen molar-refractivity contribution in [3.63, 3.8) is 0 Å². The fraction of sp³-hybridized carbons (Fsp3) is 0.188. The normalized spacial score (nSPS) is 12.7. The van der Waals surface area contributed by atoms with Crippen molar-refractivity contribution < 1.29 is 30.5 Å². The monoisotopic (exact) mass is 386 g/mol. The zero-order valence-corrected chi connectivity index (χ0v) is 14.2. The Bertz CT molecular complexity index is 994. The number of halogens is 3. The van der Waals surface area contributed by atoms with Gasteiger partial charge in [0.25, 0.3) is 10.0 Å². The van der Waals surface area contributed by atoms with Crippen LogP contribution in [0.1, 0.15) is 11.3 Å². The van der Waals surface area contributed by atoms with Crippen LogP contribution in [0.5, 0.6) is 0 Å². The Morgan fingerprint density at radius 1 is 1.12 bits per heavy atom. The molecular weight excluding hydrogens is 373 g/mol. The molecule has 0 aliphatic rings. The molecule has 0 saturated heterocycles. The fourth-order valence-corrected chi connectivity index (χ4v) is 3.26. The fourth-order valence-electron chi connectivity index (χ4n) is 2.20. The first-order chi connectivity index (χ1) is 12.2. The van der Waals surface area contributed by atoms with Crippen LogP contribution in [0.3, 0.4) is 0 Å². The Morgan fingerprint density at radius 2 is 1.81 bits per heavy atom. The van der Waals surface area contributed by atoms with E-state index in [1.54, 1.807) is 24.3 Å². The van der Waals surface area contributed by atoms with Gasteiger partial charge in [-0.05, 0) is 17.7 Å². The molecule has 0 N–H and O–H groups in total. The first-order valence-corrected chi connectivity index (χ1v) is 8.76. The minimum atomic E-state index is -4.69. The summed E-state index contributed by atoms with van der Waals surface area (Å²) in [6.07, 6.45) is -4.69. The summed E-state index contributed by atoms with van der Waals surface area (Å²) in [5.41, 5.74) is 0.529. The van der Waals surface area contributed by atoms with E-state index in [1.807, 2.05) is 6.07 Å². The van der Waals surface area contributed by atoms with Gasteiger partial charge in [-0.25, -0.2) is 8.42 Å². The minimum absolute atomic E-state index is 0.112. The van der Waals surface area contributed by atoms with Gasteiger partial charge in [-0.3, -0.25) is 0 Å². The predicted octanol–water partition coefficient (Wildman–Crippen LogP) is 3.77. The number of hydrogen-bond acceptors (Lipinski definition) is 5. The third kappa shape index (κ3) is 3.65. The van der Waals surface area contributed by atoms with Crippen molar-refractivity contribution >= 4 is 10.0 Å². The average Bonchev–Trinajstić information content (AvgIpc) is 3.24. The average molecular weight is 386 g/mol. The van der Waals surface area contributed by atoms with Gasteiger partial charge in [0, 0.05) is 19.7 Å². The summed E-state index contributed by atoms with van der Waals surface area (Å²) in [4.78, 5) is 0. The highest BCUT2D eigenvalue weighted by atomic mass is 32.2. The van der Waals surface area contributed by atoms with Gasteiger partial charge in [0.05, 0.1) is 0 Å². The van der Waals surface area contributed by atoms with Crippen LogP contribution in [0.25, 0.3) is 11.5 Å². The van der Waals surface area contributed by atoms with E-state index >= 15 is 0 Å². The maximum absolute atomic E-state index is 12.6. The summed E-state index contributed by atoms with van der Waals surface area (Å²) in [7, 11) is -2.58. The van der Waals surface area contributed by atoms with Crippen LogP contribution in [0.2, 0.25) is 0 Å². The molecule has 6 nitrogen and oxygen atoms in total. The lowest BCUT2D eigenvalue weighted by molar-refractivity contribution is -0.155. The molecule has 138 valence electrons. The lowest BCUT2D eigenvalue weighted by Crippen LogP contribution is -2.26. The Labute approximate surface area is 146 Å². The van der Waals surface area contributed by atoms with Crippen molar-refractivity contribution in [2.24, 2.45) is 0 Å². The molecule has 26 heavy (non-hydrogen) atoms. The van der Waals surface area contributed by atoms with Crippen LogP contribution in [0.15, 0.2) is 62.6 Å². The molecule has 0 atom stereocenters. The van der Waals surface area contributed by atoms with E-state index in [0.717, 1.165) is 15.9 Å². The number of alkyl halides is 3. The summed E-state index contributed by atoms with van der Waals surface area (Å²) in [5.74, 6) is -1.44. The highest BCUT2D eigenvalue weighted by Gasteiger charge is 2.36. The molecule has 0 bridgehead atoms. The first kappa shape index (κ1) is 18.2. The molecule has 0 unspecified atom stereocenters. The van der Waals surface area contributed by atoms with E-state index in [1.165, 1.54) is 13.1 Å². The topological polar surface area (TPSA) is 76.6 Å². The Kier molecular flexibility index (Phi) is 4.63. The molecule has 3 aromatic rings. The van der Waals surface area contributed by atoms with Crippen molar-refractivity contribution in [3.05, 3.63) is 59.9 Å². The zero-order chi connectivity index (χ0) is 18.9. The van der Waals surface area contributed by atoms with Crippen molar-refractivity contribution in [1.82, 2.24) is 9.46 Å². The van der Waals surface area contributed by atoms with E-state index in [2.05, 4.69) is 9.68 Å². The molecule has 0 radical (unpaired) electrons. The molecule has 2 heterocycles. The van der Waals surface area contributed by atoms with Crippen LogP contribution in [-0.2, 0) is 22.7 Å². The summed E-state index contributed by atoms with van der Waals surface area (Å²) in [5, 5.41) is 2.86. The van der Waals surface area contributed by atoms with Gasteiger partial charge in [-0.15, -0.1) is 0 Å². The van der Waals surface area contributed by atoms with Gasteiger partial charge in [0.2, 0.25) is 10.9 Å². The molecule has 0 fully saturated rings. The molecule has 10 heteroatoms. The highest BCUT2D eigenvalue weighted by Crippen LogP contribution is 2.33. The smallest absolute Gasteiger partial charge is 0.441 e. The second kappa shape index (κ2) is 6.61. The van der Waals surface area contributed by atoms with Crippen LogP contribution in [0, 0.1) is 0 Å². The van der Waals surface area contributed by atoms with Crippen LogP contribution < -0.4 is 0 Å². The Balaban J connectivity index is 1.83. The number of nitrogens with zero attached hydrogens (tertiary/aromatic N) is 2. The van der Waals surface area contributed by atoms with Crippen molar-refractivity contribution in [3.8, 4) is 11.5 Å². The second-order valence-corrected chi connectivity index (χ2v) is 7.42. The van der Waals surface area contributed by atoms with Gasteiger partial charge in [0.15, 0.2) is 5.76 Å². The summed E-state index contributed by atoms with van der Waals surface area (Å²) in [6, 6.07) is 11.9. The van der Waals surface area contributed by atoms with E-state index in [4.69, 9.17) is 4.42 Å². The largest absolute Gasteiger partial charge is 0.452 e. The minimum Gasteiger partial charge on any atom is -0.441 e. The number of rotatable bonds is 5. The van der Waals surface area contributed by atoms with E-state index in [0.29, 0.717) is 6.07 Å². The van der Waals surface area contributed by atoms with Crippen molar-refractivity contribution in [1.29, 1.82) is 0 Å². The summed E-state index contributed by atoms with van der Waals surface area (Å²) in [6.45, 7) is 0.112. The van der Waals surface area contributed by atoms with Crippen molar-refractivity contribution in [2.45, 2.75) is 17.8 Å². The van der Waals surface area contributed by atoms with E-state index in [-0.39, 0.29) is 18.0 Å². The van der Waals surface area contributed by atoms with E-state index < -0.39 is 27.1 Å². The third-order valence-corrected chi connectivity index (χ3v) is 5.21. The molecule has 0 saturated carbocycles. The number of benzene rings is 1. The first-order valence-electron chi connectivity index (χ1n) is 7.32. The summed E-state index contributed by atoms with van der Waals surface area (Å²) >= 11 is 0. The number of sulfonamides is 1. The number of furan rings is 1. The number of hydrogen-bond donors (Lipinski definition) is 0. The zero-order valence-electron chi connectivity index (χ0n) is 13.4.